The maximum Gasteiger partial charge on any atom is 0.165 e. The first-order valence-electron chi connectivity index (χ1n) is 8.77. The first kappa shape index (κ1) is 17.7. The molecule has 1 aromatic heterocycles. The van der Waals surface area contributed by atoms with Gasteiger partial charge in [0.1, 0.15) is 0 Å². The van der Waals surface area contributed by atoms with E-state index in [4.69, 9.17) is 14.2 Å². The molecule has 24 heavy (non-hydrogen) atoms. The van der Waals surface area contributed by atoms with Gasteiger partial charge in [0.05, 0.1) is 24.9 Å². The summed E-state index contributed by atoms with van der Waals surface area (Å²) in [5.74, 6) is 1.53. The number of tetrazole rings is 1. The Morgan fingerprint density at radius 3 is 2.83 bits per heavy atom. The first-order chi connectivity index (χ1) is 11.6. The van der Waals surface area contributed by atoms with Crippen LogP contribution in [0.5, 0.6) is 0 Å². The minimum Gasteiger partial charge on any atom is -0.382 e. The highest BCUT2D eigenvalue weighted by Gasteiger charge is 2.34. The van der Waals surface area contributed by atoms with Crippen LogP contribution in [0.4, 0.5) is 0 Å². The van der Waals surface area contributed by atoms with Crippen LogP contribution in [0.1, 0.15) is 32.5 Å². The quantitative estimate of drug-likeness (QED) is 0.756. The average molecular weight is 339 g/mol. The zero-order valence-corrected chi connectivity index (χ0v) is 15.0. The number of hydrogen-bond acceptors (Lipinski definition) is 7. The predicted molar refractivity (Wildman–Crippen MR) is 87.5 cm³/mol. The zero-order valence-electron chi connectivity index (χ0n) is 15.0. The van der Waals surface area contributed by atoms with Crippen molar-refractivity contribution in [3.8, 4) is 0 Å². The Morgan fingerprint density at radius 2 is 2.08 bits per heavy atom. The molecule has 0 bridgehead atoms. The second-order valence-corrected chi connectivity index (χ2v) is 7.46. The number of methoxy groups -OCH3 is 1. The summed E-state index contributed by atoms with van der Waals surface area (Å²) in [5, 5.41) is 12.3. The summed E-state index contributed by atoms with van der Waals surface area (Å²) in [6.45, 7) is 9.84. The lowest BCUT2D eigenvalue weighted by molar-refractivity contribution is -0.154. The van der Waals surface area contributed by atoms with E-state index in [0.717, 1.165) is 58.1 Å². The van der Waals surface area contributed by atoms with E-state index < -0.39 is 0 Å². The van der Waals surface area contributed by atoms with Crippen LogP contribution < -0.4 is 0 Å². The molecule has 0 amide bonds. The van der Waals surface area contributed by atoms with Gasteiger partial charge in [0.25, 0.3) is 0 Å². The summed E-state index contributed by atoms with van der Waals surface area (Å²) in [6.07, 6.45) is 2.25. The molecule has 2 saturated heterocycles. The van der Waals surface area contributed by atoms with Crippen molar-refractivity contribution >= 4 is 0 Å². The standard InChI is InChI=1S/C16H29N5O3/c1-16(2)12-20(9-14(24-16)11-22-3)10-15-17-18-19-21(15)8-13-4-6-23-7-5-13/h13-14H,4-12H2,1-3H3. The predicted octanol–water partition coefficient (Wildman–Crippen LogP) is 0.726. The molecular weight excluding hydrogens is 310 g/mol. The SMILES string of the molecule is COCC1CN(Cc2nnnn2CC2CCOCC2)CC(C)(C)O1. The second-order valence-electron chi connectivity index (χ2n) is 7.46. The maximum absolute atomic E-state index is 6.08. The number of aromatic nitrogens is 4. The lowest BCUT2D eigenvalue weighted by atomic mass is 10.0. The number of morpholine rings is 1. The molecule has 1 aromatic rings. The Kier molecular flexibility index (Phi) is 5.80. The molecule has 2 aliphatic heterocycles. The number of rotatable bonds is 6. The van der Waals surface area contributed by atoms with E-state index in [1.54, 1.807) is 7.11 Å². The Balaban J connectivity index is 1.61. The molecule has 2 fully saturated rings. The Bertz CT molecular complexity index is 516. The number of ether oxygens (including phenoxy) is 3. The van der Waals surface area contributed by atoms with Crippen molar-refractivity contribution in [1.29, 1.82) is 0 Å². The molecule has 0 radical (unpaired) electrons. The third-order valence-corrected chi connectivity index (χ3v) is 4.65. The van der Waals surface area contributed by atoms with Crippen LogP contribution in [-0.2, 0) is 27.3 Å². The average Bonchev–Trinajstić information content (AvgIpc) is 2.94. The Labute approximate surface area is 143 Å². The van der Waals surface area contributed by atoms with E-state index >= 15 is 0 Å². The molecule has 0 N–H and O–H groups in total. The fourth-order valence-corrected chi connectivity index (χ4v) is 3.66. The number of hydrogen-bond donors (Lipinski definition) is 0. The highest BCUT2D eigenvalue weighted by Crippen LogP contribution is 2.23. The smallest absolute Gasteiger partial charge is 0.165 e. The summed E-state index contributed by atoms with van der Waals surface area (Å²) in [6, 6.07) is 0. The van der Waals surface area contributed by atoms with Gasteiger partial charge < -0.3 is 14.2 Å². The highest BCUT2D eigenvalue weighted by molar-refractivity contribution is 4.89. The summed E-state index contributed by atoms with van der Waals surface area (Å²) in [7, 11) is 1.71. The molecule has 0 spiro atoms. The van der Waals surface area contributed by atoms with Gasteiger partial charge >= 0.3 is 0 Å². The van der Waals surface area contributed by atoms with Crippen LogP contribution in [0.2, 0.25) is 0 Å². The van der Waals surface area contributed by atoms with Gasteiger partial charge in [-0.05, 0) is 43.0 Å². The molecule has 8 heteroatoms. The van der Waals surface area contributed by atoms with Gasteiger partial charge in [-0.1, -0.05) is 0 Å². The van der Waals surface area contributed by atoms with Crippen molar-refractivity contribution in [1.82, 2.24) is 25.1 Å². The molecule has 1 atom stereocenters. The molecule has 3 rings (SSSR count). The molecule has 8 nitrogen and oxygen atoms in total. The van der Waals surface area contributed by atoms with Gasteiger partial charge in [0.2, 0.25) is 0 Å². The molecule has 0 saturated carbocycles. The lowest BCUT2D eigenvalue weighted by Gasteiger charge is -2.42. The van der Waals surface area contributed by atoms with Gasteiger partial charge in [-0.2, -0.15) is 0 Å². The molecule has 0 aliphatic carbocycles. The van der Waals surface area contributed by atoms with Gasteiger partial charge in [0.15, 0.2) is 5.82 Å². The Hall–Kier alpha value is -1.09. The van der Waals surface area contributed by atoms with Crippen LogP contribution in [0, 0.1) is 5.92 Å². The van der Waals surface area contributed by atoms with E-state index in [2.05, 4.69) is 34.3 Å². The highest BCUT2D eigenvalue weighted by atomic mass is 16.5. The van der Waals surface area contributed by atoms with Crippen LogP contribution in [0.15, 0.2) is 0 Å². The second kappa shape index (κ2) is 7.86. The van der Waals surface area contributed by atoms with Crippen molar-refractivity contribution in [2.24, 2.45) is 5.92 Å². The molecule has 136 valence electrons. The van der Waals surface area contributed by atoms with E-state index in [1.165, 1.54) is 0 Å². The molecule has 2 aliphatic rings. The van der Waals surface area contributed by atoms with Crippen molar-refractivity contribution in [2.45, 2.75) is 51.5 Å². The van der Waals surface area contributed by atoms with Crippen LogP contribution >= 0.6 is 0 Å². The molecule has 1 unspecified atom stereocenters. The van der Waals surface area contributed by atoms with Crippen molar-refractivity contribution in [2.75, 3.05) is 40.0 Å². The number of nitrogens with zero attached hydrogens (tertiary/aromatic N) is 5. The van der Waals surface area contributed by atoms with E-state index in [-0.39, 0.29) is 11.7 Å². The zero-order chi connectivity index (χ0) is 17.0. The Morgan fingerprint density at radius 1 is 1.29 bits per heavy atom. The minimum absolute atomic E-state index is 0.0820. The molecule has 3 heterocycles. The third-order valence-electron chi connectivity index (χ3n) is 4.65. The maximum atomic E-state index is 6.08. The summed E-state index contributed by atoms with van der Waals surface area (Å²) >= 11 is 0. The minimum atomic E-state index is -0.194. The lowest BCUT2D eigenvalue weighted by Crippen LogP contribution is -2.53. The van der Waals surface area contributed by atoms with Crippen LogP contribution in [0.3, 0.4) is 0 Å². The van der Waals surface area contributed by atoms with Crippen LogP contribution in [-0.4, -0.2) is 76.8 Å². The molecule has 0 aromatic carbocycles. The summed E-state index contributed by atoms with van der Waals surface area (Å²) < 4.78 is 18.7. The fourth-order valence-electron chi connectivity index (χ4n) is 3.66. The van der Waals surface area contributed by atoms with Gasteiger partial charge in [0, 0.05) is 40.0 Å². The normalized spacial score (nSPS) is 25.9. The van der Waals surface area contributed by atoms with E-state index in [1.807, 2.05) is 4.68 Å². The summed E-state index contributed by atoms with van der Waals surface area (Å²) in [4.78, 5) is 2.36. The monoisotopic (exact) mass is 339 g/mol. The topological polar surface area (TPSA) is 74.5 Å². The summed E-state index contributed by atoms with van der Waals surface area (Å²) in [5.41, 5.74) is -0.194. The van der Waals surface area contributed by atoms with E-state index in [9.17, 15) is 0 Å². The molecular formula is C16H29N5O3. The van der Waals surface area contributed by atoms with Crippen molar-refractivity contribution in [3.63, 3.8) is 0 Å². The van der Waals surface area contributed by atoms with Gasteiger partial charge in [-0.15, -0.1) is 5.10 Å². The van der Waals surface area contributed by atoms with Crippen molar-refractivity contribution < 1.29 is 14.2 Å². The fraction of sp³-hybridized carbons (Fsp3) is 0.938. The van der Waals surface area contributed by atoms with E-state index in [0.29, 0.717) is 12.5 Å². The van der Waals surface area contributed by atoms with Gasteiger partial charge in [-0.25, -0.2) is 4.68 Å². The third kappa shape index (κ3) is 4.72. The largest absolute Gasteiger partial charge is 0.382 e. The van der Waals surface area contributed by atoms with Crippen molar-refractivity contribution in [3.05, 3.63) is 5.82 Å². The van der Waals surface area contributed by atoms with Gasteiger partial charge in [-0.3, -0.25) is 4.90 Å². The first-order valence-corrected chi connectivity index (χ1v) is 8.77. The van der Waals surface area contributed by atoms with Crippen LogP contribution in [0.25, 0.3) is 0 Å².